The zero-order chi connectivity index (χ0) is 30.0. The van der Waals surface area contributed by atoms with Gasteiger partial charge in [-0.2, -0.15) is 4.98 Å². The number of rotatable bonds is 6. The molecule has 0 saturated carbocycles. The molecule has 1 aliphatic rings. The highest BCUT2D eigenvalue weighted by Crippen LogP contribution is 2.36. The molecule has 1 aliphatic heterocycles. The van der Waals surface area contributed by atoms with E-state index < -0.39 is 29.7 Å². The van der Waals surface area contributed by atoms with Gasteiger partial charge in [-0.05, 0) is 43.3 Å². The lowest BCUT2D eigenvalue weighted by Crippen LogP contribution is -2.37. The number of hydrogen-bond acceptors (Lipinski definition) is 11. The number of nitrogens with zero attached hydrogens (tertiary/aromatic N) is 3. The van der Waals surface area contributed by atoms with Crippen molar-refractivity contribution in [3.05, 3.63) is 93.5 Å². The van der Waals surface area contributed by atoms with Crippen LogP contribution in [-0.4, -0.2) is 48.0 Å². The van der Waals surface area contributed by atoms with Gasteiger partial charge >= 0.3 is 18.0 Å². The second-order valence-corrected chi connectivity index (χ2v) is 9.31. The number of benzene rings is 2. The summed E-state index contributed by atoms with van der Waals surface area (Å²) >= 11 is 6.59. The number of halogens is 2. The SMILES string of the molecule is COC(=O)c1ccnc(NC(=O)C2=C(C)NC(Nc3nc4ccc(F)cc4o3)=NC2c2ccc(C(=O)OC)cc2Cl)c1. The first-order chi connectivity index (χ1) is 20.2. The Labute approximate surface area is 242 Å². The summed E-state index contributed by atoms with van der Waals surface area (Å²) in [7, 11) is 2.49. The summed E-state index contributed by atoms with van der Waals surface area (Å²) < 4.78 is 28.7. The van der Waals surface area contributed by atoms with Gasteiger partial charge in [-0.1, -0.05) is 17.7 Å². The number of amides is 1. The predicted octanol–water partition coefficient (Wildman–Crippen LogP) is 4.61. The van der Waals surface area contributed by atoms with Gasteiger partial charge < -0.3 is 24.5 Å². The molecule has 3 N–H and O–H groups in total. The van der Waals surface area contributed by atoms with Crippen LogP contribution in [0.3, 0.4) is 0 Å². The summed E-state index contributed by atoms with van der Waals surface area (Å²) in [5.74, 6) is -2.01. The van der Waals surface area contributed by atoms with Crippen LogP contribution in [0.5, 0.6) is 0 Å². The number of methoxy groups -OCH3 is 2. The third-order valence-electron chi connectivity index (χ3n) is 6.20. The minimum absolute atomic E-state index is 0.0252. The highest BCUT2D eigenvalue weighted by atomic mass is 35.5. The van der Waals surface area contributed by atoms with Crippen LogP contribution in [0.4, 0.5) is 16.2 Å². The van der Waals surface area contributed by atoms with E-state index in [1.807, 2.05) is 0 Å². The zero-order valence-corrected chi connectivity index (χ0v) is 23.1. The van der Waals surface area contributed by atoms with Crippen molar-refractivity contribution in [2.24, 2.45) is 4.99 Å². The molecule has 0 saturated heterocycles. The van der Waals surface area contributed by atoms with Crippen LogP contribution in [0.1, 0.15) is 39.2 Å². The minimum Gasteiger partial charge on any atom is -0.465 e. The highest BCUT2D eigenvalue weighted by Gasteiger charge is 2.32. The van der Waals surface area contributed by atoms with Gasteiger partial charge in [0.2, 0.25) is 5.96 Å². The highest BCUT2D eigenvalue weighted by molar-refractivity contribution is 6.32. The monoisotopic (exact) mass is 592 g/mol. The lowest BCUT2D eigenvalue weighted by Gasteiger charge is -2.27. The molecule has 0 spiro atoms. The molecule has 42 heavy (non-hydrogen) atoms. The number of hydrogen-bond donors (Lipinski definition) is 3. The minimum atomic E-state index is -0.987. The molecule has 12 nitrogen and oxygen atoms in total. The number of ether oxygens (including phenoxy) is 2. The van der Waals surface area contributed by atoms with Crippen LogP contribution in [-0.2, 0) is 14.3 Å². The second-order valence-electron chi connectivity index (χ2n) is 8.90. The second kappa shape index (κ2) is 11.7. The quantitative estimate of drug-likeness (QED) is 0.270. The van der Waals surface area contributed by atoms with Crippen molar-refractivity contribution in [2.45, 2.75) is 13.0 Å². The molecule has 1 unspecified atom stereocenters. The number of aliphatic imine (C=N–C) groups is 1. The Morgan fingerprint density at radius 1 is 1.02 bits per heavy atom. The molecule has 14 heteroatoms. The number of carbonyl (C=O) groups excluding carboxylic acids is 3. The third-order valence-corrected chi connectivity index (χ3v) is 6.53. The van der Waals surface area contributed by atoms with Crippen molar-refractivity contribution in [1.29, 1.82) is 0 Å². The third kappa shape index (κ3) is 5.76. The molecule has 0 fully saturated rings. The van der Waals surface area contributed by atoms with Crippen molar-refractivity contribution in [3.8, 4) is 0 Å². The molecule has 1 amide bonds. The van der Waals surface area contributed by atoms with E-state index in [4.69, 9.17) is 25.5 Å². The zero-order valence-electron chi connectivity index (χ0n) is 22.3. The molecule has 3 heterocycles. The van der Waals surface area contributed by atoms with Crippen LogP contribution in [0.2, 0.25) is 5.02 Å². The molecule has 0 aliphatic carbocycles. The first-order valence-corrected chi connectivity index (χ1v) is 12.7. The first-order valence-electron chi connectivity index (χ1n) is 12.3. The predicted molar refractivity (Wildman–Crippen MR) is 151 cm³/mol. The molecule has 4 aromatic rings. The normalized spacial score (nSPS) is 14.6. The Bertz CT molecular complexity index is 1800. The fraction of sp³-hybridized carbons (Fsp3) is 0.143. The van der Waals surface area contributed by atoms with Crippen LogP contribution in [0, 0.1) is 5.82 Å². The van der Waals surface area contributed by atoms with Gasteiger partial charge in [0.25, 0.3) is 5.91 Å². The smallest absolute Gasteiger partial charge is 0.338 e. The number of carbonyl (C=O) groups is 3. The molecule has 2 aromatic heterocycles. The molecule has 5 rings (SSSR count). The van der Waals surface area contributed by atoms with Crippen molar-refractivity contribution >= 4 is 58.3 Å². The van der Waals surface area contributed by atoms with Gasteiger partial charge in [-0.3, -0.25) is 10.1 Å². The summed E-state index contributed by atoms with van der Waals surface area (Å²) in [6.45, 7) is 1.65. The molecule has 2 aromatic carbocycles. The van der Waals surface area contributed by atoms with Gasteiger partial charge in [-0.25, -0.2) is 24.0 Å². The fourth-order valence-electron chi connectivity index (χ4n) is 4.23. The van der Waals surface area contributed by atoms with Crippen LogP contribution in [0.25, 0.3) is 11.1 Å². The Hall–Kier alpha value is -5.30. The average Bonchev–Trinajstić information content (AvgIpc) is 3.37. The standard InChI is InChI=1S/C28H22ClFN6O6/c1-13-22(24(37)34-21-11-15(8-9-31-21)26(39)41-3)23(17-6-4-14(10-18(17)29)25(38)40-2)35-27(32-13)36-28-33-19-7-5-16(30)12-20(19)42-28/h4-12,23H,1-3H3,(H,31,34,37)(H2,32,33,35,36). The summed E-state index contributed by atoms with van der Waals surface area (Å²) in [5.41, 5.74) is 1.98. The maximum absolute atomic E-state index is 13.6. The molecule has 0 radical (unpaired) electrons. The van der Waals surface area contributed by atoms with Crippen LogP contribution >= 0.6 is 11.6 Å². The molecule has 214 valence electrons. The number of aromatic nitrogens is 2. The van der Waals surface area contributed by atoms with E-state index in [0.717, 1.165) is 0 Å². The Morgan fingerprint density at radius 3 is 2.48 bits per heavy atom. The van der Waals surface area contributed by atoms with E-state index in [2.05, 4.69) is 30.9 Å². The van der Waals surface area contributed by atoms with Gasteiger partial charge in [0.1, 0.15) is 23.2 Å². The lowest BCUT2D eigenvalue weighted by atomic mass is 9.94. The number of oxazole rings is 1. The molecule has 0 bridgehead atoms. The van der Waals surface area contributed by atoms with Crippen molar-refractivity contribution in [3.63, 3.8) is 0 Å². The largest absolute Gasteiger partial charge is 0.465 e. The van der Waals surface area contributed by atoms with Crippen molar-refractivity contribution < 1.29 is 32.7 Å². The van der Waals surface area contributed by atoms with Crippen molar-refractivity contribution in [1.82, 2.24) is 15.3 Å². The number of nitrogens with one attached hydrogen (secondary N) is 3. The maximum atomic E-state index is 13.6. The van der Waals surface area contributed by atoms with Crippen LogP contribution < -0.4 is 16.0 Å². The number of fused-ring (bicyclic) bond motifs is 1. The summed E-state index contributed by atoms with van der Waals surface area (Å²) in [6, 6.07) is 10.3. The number of anilines is 2. The van der Waals surface area contributed by atoms with E-state index in [9.17, 15) is 18.8 Å². The van der Waals surface area contributed by atoms with Gasteiger partial charge in [-0.15, -0.1) is 0 Å². The first kappa shape index (κ1) is 28.2. The van der Waals surface area contributed by atoms with E-state index in [0.29, 0.717) is 16.8 Å². The summed E-state index contributed by atoms with van der Waals surface area (Å²) in [4.78, 5) is 50.7. The Kier molecular flexibility index (Phi) is 7.84. The van der Waals surface area contributed by atoms with E-state index >= 15 is 0 Å². The average molecular weight is 593 g/mol. The van der Waals surface area contributed by atoms with E-state index in [-0.39, 0.29) is 45.1 Å². The Morgan fingerprint density at radius 2 is 1.76 bits per heavy atom. The van der Waals surface area contributed by atoms with Crippen molar-refractivity contribution in [2.75, 3.05) is 24.9 Å². The summed E-state index contributed by atoms with van der Waals surface area (Å²) in [5, 5.41) is 8.74. The number of esters is 2. The molecular weight excluding hydrogens is 571 g/mol. The van der Waals surface area contributed by atoms with Gasteiger partial charge in [0, 0.05) is 28.5 Å². The van der Waals surface area contributed by atoms with Crippen LogP contribution in [0.15, 0.2) is 75.4 Å². The molecule has 1 atom stereocenters. The topological polar surface area (TPSA) is 157 Å². The fourth-order valence-corrected chi connectivity index (χ4v) is 4.52. The van der Waals surface area contributed by atoms with Gasteiger partial charge in [0.05, 0.1) is 30.9 Å². The van der Waals surface area contributed by atoms with Gasteiger partial charge in [0.15, 0.2) is 5.58 Å². The number of guanidine groups is 1. The maximum Gasteiger partial charge on any atom is 0.338 e. The van der Waals surface area contributed by atoms with E-state index in [1.165, 1.54) is 62.9 Å². The summed E-state index contributed by atoms with van der Waals surface area (Å²) in [6.07, 6.45) is 1.36. The molecular formula is C28H22ClFN6O6. The lowest BCUT2D eigenvalue weighted by molar-refractivity contribution is -0.113. The van der Waals surface area contributed by atoms with E-state index in [1.54, 1.807) is 13.0 Å². The Balaban J connectivity index is 1.51. The number of allylic oxidation sites excluding steroid dienone is 1. The number of pyridine rings is 1.